The van der Waals surface area contributed by atoms with E-state index in [9.17, 15) is 19.2 Å². The van der Waals surface area contributed by atoms with E-state index in [4.69, 9.17) is 4.74 Å². The van der Waals surface area contributed by atoms with Crippen molar-refractivity contribution in [1.29, 1.82) is 0 Å². The molecule has 0 unspecified atom stereocenters. The van der Waals surface area contributed by atoms with E-state index < -0.39 is 30.4 Å². The Kier molecular flexibility index (Phi) is 4.89. The van der Waals surface area contributed by atoms with Crippen molar-refractivity contribution >= 4 is 34.6 Å². The minimum absolute atomic E-state index is 0.263. The summed E-state index contributed by atoms with van der Waals surface area (Å²) in [6.07, 6.45) is 3.82. The third-order valence-corrected chi connectivity index (χ3v) is 6.32. The average molecular weight is 430 g/mol. The van der Waals surface area contributed by atoms with Crippen LogP contribution in [0.15, 0.2) is 48.5 Å². The molecule has 0 saturated heterocycles. The number of para-hydroxylation sites is 1. The Bertz CT molecular complexity index is 1250. The summed E-state index contributed by atoms with van der Waals surface area (Å²) >= 11 is 0. The molecule has 1 aliphatic carbocycles. The summed E-state index contributed by atoms with van der Waals surface area (Å²) in [6, 6.07) is 13.0. The second-order valence-electron chi connectivity index (χ2n) is 8.19. The van der Waals surface area contributed by atoms with Crippen molar-refractivity contribution in [3.63, 3.8) is 0 Å². The Morgan fingerprint density at radius 1 is 0.938 bits per heavy atom. The molecule has 2 aromatic carbocycles. The number of esters is 1. The zero-order chi connectivity index (χ0) is 22.4. The summed E-state index contributed by atoms with van der Waals surface area (Å²) in [5, 5.41) is 1.06. The van der Waals surface area contributed by atoms with Crippen LogP contribution in [0.1, 0.15) is 56.5 Å². The van der Waals surface area contributed by atoms with Gasteiger partial charge in [0.25, 0.3) is 17.7 Å². The number of aryl methyl sites for hydroxylation is 1. The number of ether oxygens (including phenoxy) is 1. The molecule has 0 fully saturated rings. The topological polar surface area (TPSA) is 85.7 Å². The molecule has 0 saturated carbocycles. The predicted molar refractivity (Wildman–Crippen MR) is 117 cm³/mol. The molecule has 2 aliphatic rings. The molecule has 1 aromatic heterocycles. The van der Waals surface area contributed by atoms with Crippen LogP contribution in [-0.4, -0.2) is 45.8 Å². The SMILES string of the molecule is C[C@H](C(=O)OCC(=O)n1c2c(c3ccccc31)CCCC2)N1C(=O)c2ccccc2C1=O. The van der Waals surface area contributed by atoms with Crippen LogP contribution in [-0.2, 0) is 22.4 Å². The molecule has 0 spiro atoms. The van der Waals surface area contributed by atoms with Crippen LogP contribution in [0.5, 0.6) is 0 Å². The van der Waals surface area contributed by atoms with E-state index in [-0.39, 0.29) is 17.0 Å². The van der Waals surface area contributed by atoms with Crippen molar-refractivity contribution < 1.29 is 23.9 Å². The van der Waals surface area contributed by atoms with Crippen LogP contribution >= 0.6 is 0 Å². The Balaban J connectivity index is 1.34. The number of carbonyl (C=O) groups excluding carboxylic acids is 4. The van der Waals surface area contributed by atoms with E-state index in [2.05, 4.69) is 0 Å². The van der Waals surface area contributed by atoms with Crippen LogP contribution in [0.2, 0.25) is 0 Å². The lowest BCUT2D eigenvalue weighted by Crippen LogP contribution is -2.44. The molecule has 2 heterocycles. The molecule has 2 amide bonds. The van der Waals surface area contributed by atoms with Gasteiger partial charge in [0, 0.05) is 11.1 Å². The maximum Gasteiger partial charge on any atom is 0.329 e. The maximum atomic E-state index is 13.1. The molecule has 0 radical (unpaired) electrons. The molecule has 1 aliphatic heterocycles. The number of amides is 2. The highest BCUT2D eigenvalue weighted by molar-refractivity contribution is 6.22. The lowest BCUT2D eigenvalue weighted by atomic mass is 9.95. The molecule has 0 bridgehead atoms. The van der Waals surface area contributed by atoms with Crippen LogP contribution in [0.25, 0.3) is 10.9 Å². The van der Waals surface area contributed by atoms with Gasteiger partial charge in [0.2, 0.25) is 0 Å². The first kappa shape index (κ1) is 20.2. The first-order valence-corrected chi connectivity index (χ1v) is 10.8. The fourth-order valence-electron chi connectivity index (χ4n) is 4.76. The number of benzene rings is 2. The van der Waals surface area contributed by atoms with E-state index in [0.29, 0.717) is 0 Å². The van der Waals surface area contributed by atoms with E-state index in [1.54, 1.807) is 28.8 Å². The zero-order valence-electron chi connectivity index (χ0n) is 17.7. The van der Waals surface area contributed by atoms with Gasteiger partial charge in [-0.25, -0.2) is 4.79 Å². The highest BCUT2D eigenvalue weighted by Gasteiger charge is 2.41. The number of carbonyl (C=O) groups is 4. The number of hydrogen-bond donors (Lipinski definition) is 0. The minimum atomic E-state index is -1.13. The Hall–Kier alpha value is -3.74. The lowest BCUT2D eigenvalue weighted by molar-refractivity contribution is -0.146. The fraction of sp³-hybridized carbons (Fsp3) is 0.280. The second kappa shape index (κ2) is 7.75. The Labute approximate surface area is 184 Å². The van der Waals surface area contributed by atoms with Gasteiger partial charge >= 0.3 is 5.97 Å². The molecular weight excluding hydrogens is 408 g/mol. The number of hydrogen-bond acceptors (Lipinski definition) is 5. The summed E-state index contributed by atoms with van der Waals surface area (Å²) in [5.74, 6) is -2.20. The first-order chi connectivity index (χ1) is 15.5. The smallest absolute Gasteiger partial charge is 0.329 e. The minimum Gasteiger partial charge on any atom is -0.454 e. The van der Waals surface area contributed by atoms with Crippen LogP contribution in [0.3, 0.4) is 0 Å². The monoisotopic (exact) mass is 430 g/mol. The highest BCUT2D eigenvalue weighted by atomic mass is 16.5. The van der Waals surface area contributed by atoms with Crippen molar-refractivity contribution in [1.82, 2.24) is 9.47 Å². The number of imide groups is 1. The van der Waals surface area contributed by atoms with Gasteiger partial charge in [-0.05, 0) is 56.4 Å². The molecule has 3 aromatic rings. The molecule has 162 valence electrons. The number of nitrogens with zero attached hydrogens (tertiary/aromatic N) is 2. The fourth-order valence-corrected chi connectivity index (χ4v) is 4.76. The van der Waals surface area contributed by atoms with Gasteiger partial charge in [-0.3, -0.25) is 23.9 Å². The third kappa shape index (κ3) is 3.04. The van der Waals surface area contributed by atoms with Gasteiger partial charge in [-0.1, -0.05) is 30.3 Å². The standard InChI is InChI=1S/C25H22N2O5/c1-15(26-23(29)18-10-2-3-11-19(18)24(26)30)25(31)32-14-22(28)27-20-12-6-4-8-16(20)17-9-5-7-13-21(17)27/h2-4,6,8,10-12,15H,5,7,9,13-14H2,1H3/t15-/m1/s1. The molecule has 32 heavy (non-hydrogen) atoms. The van der Waals surface area contributed by atoms with E-state index >= 15 is 0 Å². The van der Waals surface area contributed by atoms with Gasteiger partial charge in [0.15, 0.2) is 6.61 Å². The van der Waals surface area contributed by atoms with Crippen molar-refractivity contribution in [3.8, 4) is 0 Å². The van der Waals surface area contributed by atoms with Crippen LogP contribution in [0, 0.1) is 0 Å². The largest absolute Gasteiger partial charge is 0.454 e. The molecule has 1 atom stereocenters. The molecular formula is C25H22N2O5. The quantitative estimate of drug-likeness (QED) is 0.468. The Morgan fingerprint density at radius 3 is 2.28 bits per heavy atom. The summed E-state index contributed by atoms with van der Waals surface area (Å²) in [6.45, 7) is 0.971. The van der Waals surface area contributed by atoms with Gasteiger partial charge in [-0.15, -0.1) is 0 Å². The number of aromatic nitrogens is 1. The second-order valence-corrected chi connectivity index (χ2v) is 8.19. The normalized spacial score (nSPS) is 16.1. The van der Waals surface area contributed by atoms with Crippen molar-refractivity contribution in [2.24, 2.45) is 0 Å². The summed E-state index contributed by atoms with van der Waals surface area (Å²) in [5.41, 5.74) is 3.50. The van der Waals surface area contributed by atoms with Gasteiger partial charge in [0.1, 0.15) is 6.04 Å². The molecule has 7 nitrogen and oxygen atoms in total. The number of fused-ring (bicyclic) bond motifs is 4. The van der Waals surface area contributed by atoms with Gasteiger partial charge in [0.05, 0.1) is 16.6 Å². The van der Waals surface area contributed by atoms with Crippen LogP contribution < -0.4 is 0 Å². The summed E-state index contributed by atoms with van der Waals surface area (Å²) in [4.78, 5) is 51.9. The first-order valence-electron chi connectivity index (χ1n) is 10.8. The third-order valence-electron chi connectivity index (χ3n) is 6.32. The van der Waals surface area contributed by atoms with E-state index in [1.165, 1.54) is 12.5 Å². The summed E-state index contributed by atoms with van der Waals surface area (Å²) < 4.78 is 6.94. The van der Waals surface area contributed by atoms with E-state index in [0.717, 1.165) is 47.2 Å². The van der Waals surface area contributed by atoms with Crippen molar-refractivity contribution in [2.45, 2.75) is 38.6 Å². The van der Waals surface area contributed by atoms with Crippen molar-refractivity contribution in [2.75, 3.05) is 6.61 Å². The predicted octanol–water partition coefficient (Wildman–Crippen LogP) is 3.39. The van der Waals surface area contributed by atoms with Crippen LogP contribution in [0.4, 0.5) is 0 Å². The molecule has 7 heteroatoms. The molecule has 0 N–H and O–H groups in total. The van der Waals surface area contributed by atoms with E-state index in [1.807, 2.05) is 24.3 Å². The van der Waals surface area contributed by atoms with Gasteiger partial charge in [-0.2, -0.15) is 0 Å². The lowest BCUT2D eigenvalue weighted by Gasteiger charge is -2.21. The highest BCUT2D eigenvalue weighted by Crippen LogP contribution is 2.32. The summed E-state index contributed by atoms with van der Waals surface area (Å²) in [7, 11) is 0. The van der Waals surface area contributed by atoms with Crippen molar-refractivity contribution in [3.05, 3.63) is 70.9 Å². The Morgan fingerprint density at radius 2 is 1.56 bits per heavy atom. The maximum absolute atomic E-state index is 13.1. The van der Waals surface area contributed by atoms with Gasteiger partial charge < -0.3 is 4.74 Å². The average Bonchev–Trinajstić information content (AvgIpc) is 3.29. The number of rotatable bonds is 4. The zero-order valence-corrected chi connectivity index (χ0v) is 17.7. The molecule has 5 rings (SSSR count).